The highest BCUT2D eigenvalue weighted by Gasteiger charge is 2.26. The van der Waals surface area contributed by atoms with Crippen molar-refractivity contribution in [1.82, 2.24) is 13.6 Å². The van der Waals surface area contributed by atoms with Gasteiger partial charge in [0, 0.05) is 35.7 Å². The van der Waals surface area contributed by atoms with Gasteiger partial charge >= 0.3 is 0 Å². The largest absolute Gasteiger partial charge is 0.334 e. The van der Waals surface area contributed by atoms with Crippen LogP contribution in [0.3, 0.4) is 0 Å². The predicted molar refractivity (Wildman–Crippen MR) is 84.7 cm³/mol. The summed E-state index contributed by atoms with van der Waals surface area (Å²) in [6, 6.07) is 9.19. The molecule has 1 amide bonds. The van der Waals surface area contributed by atoms with E-state index in [4.69, 9.17) is 23.2 Å². The van der Waals surface area contributed by atoms with Gasteiger partial charge < -0.3 is 4.90 Å². The lowest BCUT2D eigenvalue weighted by molar-refractivity contribution is 0.0774. The van der Waals surface area contributed by atoms with E-state index < -0.39 is 0 Å². The van der Waals surface area contributed by atoms with Crippen LogP contribution in [-0.2, 0) is 0 Å². The van der Waals surface area contributed by atoms with E-state index in [0.29, 0.717) is 41.0 Å². The lowest BCUT2D eigenvalue weighted by Crippen LogP contribution is -2.36. The van der Waals surface area contributed by atoms with Crippen molar-refractivity contribution in [3.8, 4) is 0 Å². The summed E-state index contributed by atoms with van der Waals surface area (Å²) < 4.78 is 8.13. The van der Waals surface area contributed by atoms with Crippen molar-refractivity contribution in [3.63, 3.8) is 0 Å². The highest BCUT2D eigenvalue weighted by atomic mass is 35.5. The number of hydrogen-bond donors (Lipinski definition) is 0. The molecule has 108 valence electrons. The Morgan fingerprint density at radius 2 is 1.95 bits per heavy atom. The van der Waals surface area contributed by atoms with Crippen LogP contribution in [0.4, 0.5) is 0 Å². The van der Waals surface area contributed by atoms with Crippen LogP contribution in [0.1, 0.15) is 22.5 Å². The van der Waals surface area contributed by atoms with Crippen molar-refractivity contribution < 1.29 is 4.79 Å². The molecule has 0 fully saturated rings. The zero-order chi connectivity index (χ0) is 14.8. The average molecular weight is 340 g/mol. The Morgan fingerprint density at radius 3 is 2.62 bits per heavy atom. The topological polar surface area (TPSA) is 46.1 Å². The third kappa shape index (κ3) is 2.95. The van der Waals surface area contributed by atoms with Crippen molar-refractivity contribution in [3.05, 3.63) is 51.8 Å². The highest BCUT2D eigenvalue weighted by molar-refractivity contribution is 6.99. The quantitative estimate of drug-likeness (QED) is 0.838. The first-order valence-corrected chi connectivity index (χ1v) is 7.85. The number of amides is 1. The van der Waals surface area contributed by atoms with E-state index in [1.807, 2.05) is 18.2 Å². The third-order valence-corrected chi connectivity index (χ3v) is 4.63. The maximum atomic E-state index is 12.5. The van der Waals surface area contributed by atoms with Gasteiger partial charge in [-0.25, -0.2) is 0 Å². The van der Waals surface area contributed by atoms with Gasteiger partial charge in [0.1, 0.15) is 5.69 Å². The summed E-state index contributed by atoms with van der Waals surface area (Å²) in [6.07, 6.45) is 0.601. The molecule has 7 heteroatoms. The predicted octanol–water partition coefficient (Wildman–Crippen LogP) is 3.69. The van der Waals surface area contributed by atoms with Crippen LogP contribution < -0.4 is 0 Å². The molecule has 0 bridgehead atoms. The number of halogens is 2. The zero-order valence-electron chi connectivity index (χ0n) is 10.9. The van der Waals surface area contributed by atoms with Gasteiger partial charge in [-0.15, -0.1) is 0 Å². The molecule has 2 heterocycles. The molecule has 21 heavy (non-hydrogen) atoms. The van der Waals surface area contributed by atoms with Gasteiger partial charge in [-0.2, -0.15) is 8.75 Å². The molecule has 0 unspecified atom stereocenters. The first-order chi connectivity index (χ1) is 10.2. The van der Waals surface area contributed by atoms with Crippen molar-refractivity contribution in [2.45, 2.75) is 6.42 Å². The molecule has 2 aromatic rings. The Hall–Kier alpha value is -1.43. The van der Waals surface area contributed by atoms with Gasteiger partial charge in [0.05, 0.1) is 11.7 Å². The van der Waals surface area contributed by atoms with Gasteiger partial charge in [0.15, 0.2) is 5.15 Å². The third-order valence-electron chi connectivity index (χ3n) is 3.32. The molecule has 0 aliphatic carbocycles. The van der Waals surface area contributed by atoms with Crippen LogP contribution in [0.15, 0.2) is 35.4 Å². The van der Waals surface area contributed by atoms with Crippen molar-refractivity contribution in [1.29, 1.82) is 0 Å². The van der Waals surface area contributed by atoms with E-state index in [2.05, 4.69) is 8.75 Å². The summed E-state index contributed by atoms with van der Waals surface area (Å²) in [5.41, 5.74) is 2.03. The Balaban J connectivity index is 1.86. The molecule has 0 atom stereocenters. The van der Waals surface area contributed by atoms with E-state index in [1.165, 1.54) is 0 Å². The fraction of sp³-hybridized carbons (Fsp3) is 0.214. The highest BCUT2D eigenvalue weighted by Crippen LogP contribution is 2.32. The molecular formula is C14H11Cl2N3OS. The number of aromatic nitrogens is 2. The second kappa shape index (κ2) is 6.13. The summed E-state index contributed by atoms with van der Waals surface area (Å²) in [5, 5.41) is 1.03. The van der Waals surface area contributed by atoms with Gasteiger partial charge in [-0.05, 0) is 12.1 Å². The molecular weight excluding hydrogens is 329 g/mol. The molecule has 1 aliphatic heterocycles. The van der Waals surface area contributed by atoms with E-state index in [9.17, 15) is 4.79 Å². The number of nitrogens with zero attached hydrogens (tertiary/aromatic N) is 3. The smallest absolute Gasteiger partial charge is 0.254 e. The SMILES string of the molecule is O=C(c1ccccc1)N1CCC(Cl)=C(c2nsnc2Cl)C1. The summed E-state index contributed by atoms with van der Waals surface area (Å²) in [5.74, 6) is -0.0171. The number of hydrogen-bond acceptors (Lipinski definition) is 4. The number of benzene rings is 1. The Morgan fingerprint density at radius 1 is 1.19 bits per heavy atom. The molecule has 1 aromatic heterocycles. The summed E-state index contributed by atoms with van der Waals surface area (Å²) in [6.45, 7) is 0.989. The van der Waals surface area contributed by atoms with Gasteiger partial charge in [-0.3, -0.25) is 4.79 Å². The standard InChI is InChI=1S/C14H11Cl2N3OS/c15-11-6-7-19(14(20)9-4-2-1-3-5-9)8-10(11)12-13(16)18-21-17-12/h1-5H,6-8H2. The number of carbonyl (C=O) groups excluding carboxylic acids is 1. The lowest BCUT2D eigenvalue weighted by atomic mass is 10.1. The molecule has 0 spiro atoms. The lowest BCUT2D eigenvalue weighted by Gasteiger charge is -2.28. The maximum absolute atomic E-state index is 12.5. The molecule has 1 aromatic carbocycles. The monoisotopic (exact) mass is 339 g/mol. The minimum atomic E-state index is -0.0171. The second-order valence-electron chi connectivity index (χ2n) is 4.63. The Labute approximate surface area is 136 Å². The van der Waals surface area contributed by atoms with E-state index in [1.54, 1.807) is 17.0 Å². The van der Waals surface area contributed by atoms with Gasteiger partial charge in [0.2, 0.25) is 0 Å². The normalized spacial score (nSPS) is 15.4. The average Bonchev–Trinajstić information content (AvgIpc) is 2.94. The molecule has 3 rings (SSSR count). The van der Waals surface area contributed by atoms with Crippen LogP contribution in [0.2, 0.25) is 5.15 Å². The molecule has 1 aliphatic rings. The minimum absolute atomic E-state index is 0.0171. The molecule has 0 saturated heterocycles. The van der Waals surface area contributed by atoms with Crippen molar-refractivity contribution in [2.75, 3.05) is 13.1 Å². The van der Waals surface area contributed by atoms with Crippen LogP contribution in [0.5, 0.6) is 0 Å². The van der Waals surface area contributed by atoms with Crippen LogP contribution in [-0.4, -0.2) is 32.6 Å². The maximum Gasteiger partial charge on any atom is 0.254 e. The first kappa shape index (κ1) is 14.5. The second-order valence-corrected chi connectivity index (χ2v) is 5.97. The number of rotatable bonds is 2. The summed E-state index contributed by atoms with van der Waals surface area (Å²) in [4.78, 5) is 14.3. The van der Waals surface area contributed by atoms with E-state index in [-0.39, 0.29) is 5.91 Å². The van der Waals surface area contributed by atoms with Gasteiger partial charge in [-0.1, -0.05) is 41.4 Å². The molecule has 0 radical (unpaired) electrons. The van der Waals surface area contributed by atoms with Crippen LogP contribution in [0, 0.1) is 0 Å². The molecule has 0 saturated carbocycles. The molecule has 4 nitrogen and oxygen atoms in total. The van der Waals surface area contributed by atoms with Crippen LogP contribution in [0.25, 0.3) is 5.57 Å². The van der Waals surface area contributed by atoms with Crippen molar-refractivity contribution >= 4 is 46.4 Å². The first-order valence-electron chi connectivity index (χ1n) is 6.37. The van der Waals surface area contributed by atoms with Crippen molar-refractivity contribution in [2.24, 2.45) is 0 Å². The summed E-state index contributed by atoms with van der Waals surface area (Å²) in [7, 11) is 0. The fourth-order valence-corrected chi connectivity index (χ4v) is 3.25. The van der Waals surface area contributed by atoms with E-state index in [0.717, 1.165) is 17.3 Å². The summed E-state index contributed by atoms with van der Waals surface area (Å²) >= 11 is 13.3. The van der Waals surface area contributed by atoms with Gasteiger partial charge in [0.25, 0.3) is 5.91 Å². The van der Waals surface area contributed by atoms with E-state index >= 15 is 0 Å². The number of carbonyl (C=O) groups is 1. The fourth-order valence-electron chi connectivity index (χ4n) is 2.24. The zero-order valence-corrected chi connectivity index (χ0v) is 13.3. The minimum Gasteiger partial charge on any atom is -0.334 e. The van der Waals surface area contributed by atoms with Crippen LogP contribution >= 0.6 is 34.9 Å². The Bertz CT molecular complexity index is 699. The molecule has 0 N–H and O–H groups in total. The Kier molecular flexibility index (Phi) is 4.24.